The lowest BCUT2D eigenvalue weighted by Gasteiger charge is -2.26. The first kappa shape index (κ1) is 15.2. The Morgan fingerprint density at radius 3 is 2.30 bits per heavy atom. The molecule has 0 spiro atoms. The minimum absolute atomic E-state index is 0.0834. The average molecular weight is 349 g/mol. The Balaban J connectivity index is 1.95. The van der Waals surface area contributed by atoms with Crippen molar-refractivity contribution in [1.82, 2.24) is 5.32 Å². The Labute approximate surface area is 123 Å². The molecule has 2 amide bonds. The maximum atomic E-state index is 13.6. The normalized spacial score (nSPS) is 22.4. The van der Waals surface area contributed by atoms with Crippen molar-refractivity contribution in [3.8, 4) is 0 Å². The van der Waals surface area contributed by atoms with Crippen LogP contribution in [0.4, 0.5) is 19.3 Å². The molecule has 1 aromatic rings. The zero-order valence-corrected chi connectivity index (χ0v) is 12.2. The van der Waals surface area contributed by atoms with Crippen LogP contribution in [-0.2, 0) is 0 Å². The van der Waals surface area contributed by atoms with E-state index in [1.807, 2.05) is 0 Å². The highest BCUT2D eigenvalue weighted by atomic mass is 79.9. The Morgan fingerprint density at radius 1 is 1.20 bits per heavy atom. The molecule has 0 saturated heterocycles. The van der Waals surface area contributed by atoms with Crippen LogP contribution in [0.3, 0.4) is 0 Å². The van der Waals surface area contributed by atoms with Gasteiger partial charge < -0.3 is 15.7 Å². The van der Waals surface area contributed by atoms with Crippen LogP contribution in [-0.4, -0.2) is 23.3 Å². The molecule has 1 fully saturated rings. The van der Waals surface area contributed by atoms with Crippen LogP contribution in [0.15, 0.2) is 16.6 Å². The lowest BCUT2D eigenvalue weighted by molar-refractivity contribution is 0.118. The van der Waals surface area contributed by atoms with Crippen molar-refractivity contribution in [3.63, 3.8) is 0 Å². The highest BCUT2D eigenvalue weighted by Crippen LogP contribution is 2.24. The van der Waals surface area contributed by atoms with E-state index in [1.165, 1.54) is 0 Å². The molecular weight excluding hydrogens is 334 g/mol. The van der Waals surface area contributed by atoms with Crippen LogP contribution in [0, 0.1) is 11.6 Å². The van der Waals surface area contributed by atoms with Crippen molar-refractivity contribution in [3.05, 3.63) is 28.2 Å². The summed E-state index contributed by atoms with van der Waals surface area (Å²) in [5.74, 6) is -1.68. The summed E-state index contributed by atoms with van der Waals surface area (Å²) >= 11 is 2.97. The molecule has 20 heavy (non-hydrogen) atoms. The van der Waals surface area contributed by atoms with Crippen molar-refractivity contribution in [2.24, 2.45) is 0 Å². The predicted molar refractivity (Wildman–Crippen MR) is 74.5 cm³/mol. The summed E-state index contributed by atoms with van der Waals surface area (Å²) < 4.78 is 27.4. The molecule has 3 N–H and O–H groups in total. The standard InChI is InChI=1S/C13H15BrF2N2O2/c14-7-5-10(15)12(11(16)6-7)18-13(20)17-8-1-3-9(19)4-2-8/h5-6,8-9,19H,1-4H2,(H2,17,18,20). The fourth-order valence-electron chi connectivity index (χ4n) is 2.22. The number of carbonyl (C=O) groups is 1. The maximum Gasteiger partial charge on any atom is 0.319 e. The highest BCUT2D eigenvalue weighted by molar-refractivity contribution is 9.10. The quantitative estimate of drug-likeness (QED) is 0.768. The fraction of sp³-hybridized carbons (Fsp3) is 0.462. The summed E-state index contributed by atoms with van der Waals surface area (Å²) in [6, 6.07) is 1.43. The zero-order chi connectivity index (χ0) is 14.7. The smallest absolute Gasteiger partial charge is 0.319 e. The second kappa shape index (κ2) is 6.49. The molecule has 1 aliphatic rings. The number of carbonyl (C=O) groups excluding carboxylic acids is 1. The molecule has 0 atom stereocenters. The third kappa shape index (κ3) is 3.89. The van der Waals surface area contributed by atoms with E-state index >= 15 is 0 Å². The lowest BCUT2D eigenvalue weighted by atomic mass is 9.93. The van der Waals surface area contributed by atoms with Gasteiger partial charge in [0.15, 0.2) is 11.6 Å². The van der Waals surface area contributed by atoms with Gasteiger partial charge in [0.2, 0.25) is 0 Å². The molecule has 0 unspecified atom stereocenters. The van der Waals surface area contributed by atoms with Crippen LogP contribution in [0.5, 0.6) is 0 Å². The van der Waals surface area contributed by atoms with E-state index in [-0.39, 0.29) is 16.6 Å². The van der Waals surface area contributed by atoms with Gasteiger partial charge in [-0.25, -0.2) is 13.6 Å². The molecular formula is C13H15BrF2N2O2. The van der Waals surface area contributed by atoms with Crippen molar-refractivity contribution >= 4 is 27.6 Å². The summed E-state index contributed by atoms with van der Waals surface area (Å²) in [4.78, 5) is 11.7. The first-order valence-electron chi connectivity index (χ1n) is 6.36. The first-order valence-corrected chi connectivity index (χ1v) is 7.15. The third-order valence-electron chi connectivity index (χ3n) is 3.28. The highest BCUT2D eigenvalue weighted by Gasteiger charge is 2.21. The molecule has 0 radical (unpaired) electrons. The Kier molecular flexibility index (Phi) is 4.93. The van der Waals surface area contributed by atoms with Gasteiger partial charge in [0.1, 0.15) is 5.69 Å². The Morgan fingerprint density at radius 2 is 1.75 bits per heavy atom. The molecule has 110 valence electrons. The minimum atomic E-state index is -0.842. The van der Waals surface area contributed by atoms with Crippen LogP contribution in [0.25, 0.3) is 0 Å². The van der Waals surface area contributed by atoms with E-state index in [9.17, 15) is 18.7 Å². The van der Waals surface area contributed by atoms with Gasteiger partial charge in [0, 0.05) is 10.5 Å². The van der Waals surface area contributed by atoms with Crippen LogP contribution < -0.4 is 10.6 Å². The number of halogens is 3. The first-order chi connectivity index (χ1) is 9.45. The number of aliphatic hydroxyl groups is 1. The number of aliphatic hydroxyl groups excluding tert-OH is 1. The minimum Gasteiger partial charge on any atom is -0.393 e. The summed E-state index contributed by atoms with van der Waals surface area (Å²) in [5, 5.41) is 14.2. The number of rotatable bonds is 2. The second-order valence-electron chi connectivity index (χ2n) is 4.85. The summed E-state index contributed by atoms with van der Waals surface area (Å²) in [6.45, 7) is 0. The largest absolute Gasteiger partial charge is 0.393 e. The van der Waals surface area contributed by atoms with E-state index in [4.69, 9.17) is 0 Å². The van der Waals surface area contributed by atoms with E-state index < -0.39 is 23.4 Å². The van der Waals surface area contributed by atoms with Gasteiger partial charge in [-0.2, -0.15) is 0 Å². The lowest BCUT2D eigenvalue weighted by Crippen LogP contribution is -2.41. The summed E-state index contributed by atoms with van der Waals surface area (Å²) in [6.07, 6.45) is 2.22. The van der Waals surface area contributed by atoms with E-state index in [1.54, 1.807) is 0 Å². The zero-order valence-electron chi connectivity index (χ0n) is 10.6. The molecule has 1 saturated carbocycles. The number of nitrogens with one attached hydrogen (secondary N) is 2. The molecule has 1 aliphatic carbocycles. The van der Waals surface area contributed by atoms with Gasteiger partial charge in [-0.15, -0.1) is 0 Å². The Bertz CT molecular complexity index is 482. The topological polar surface area (TPSA) is 61.4 Å². The van der Waals surface area contributed by atoms with Crippen LogP contribution >= 0.6 is 15.9 Å². The molecule has 0 bridgehead atoms. The number of benzene rings is 1. The third-order valence-corrected chi connectivity index (χ3v) is 3.74. The van der Waals surface area contributed by atoms with Crippen LogP contribution in [0.1, 0.15) is 25.7 Å². The van der Waals surface area contributed by atoms with E-state index in [2.05, 4.69) is 26.6 Å². The number of urea groups is 1. The molecule has 2 rings (SSSR count). The van der Waals surface area contributed by atoms with Gasteiger partial charge in [-0.1, -0.05) is 15.9 Å². The number of anilines is 1. The SMILES string of the molecule is O=C(Nc1c(F)cc(Br)cc1F)NC1CCC(O)CC1. The second-order valence-corrected chi connectivity index (χ2v) is 5.76. The van der Waals surface area contributed by atoms with Crippen molar-refractivity contribution in [2.45, 2.75) is 37.8 Å². The van der Waals surface area contributed by atoms with Gasteiger partial charge in [0.05, 0.1) is 6.10 Å². The van der Waals surface area contributed by atoms with Gasteiger partial charge in [-0.3, -0.25) is 0 Å². The molecule has 7 heteroatoms. The van der Waals surface area contributed by atoms with Gasteiger partial charge in [-0.05, 0) is 37.8 Å². The molecule has 0 heterocycles. The Hall–Kier alpha value is -1.21. The van der Waals surface area contributed by atoms with E-state index in [0.29, 0.717) is 25.7 Å². The monoisotopic (exact) mass is 348 g/mol. The van der Waals surface area contributed by atoms with Gasteiger partial charge in [0.25, 0.3) is 0 Å². The fourth-order valence-corrected chi connectivity index (χ4v) is 2.62. The summed E-state index contributed by atoms with van der Waals surface area (Å²) in [7, 11) is 0. The van der Waals surface area contributed by atoms with Crippen molar-refractivity contribution in [1.29, 1.82) is 0 Å². The molecule has 1 aromatic carbocycles. The predicted octanol–water partition coefficient (Wildman–Crippen LogP) is 3.15. The van der Waals surface area contributed by atoms with Gasteiger partial charge >= 0.3 is 6.03 Å². The number of hydrogen-bond acceptors (Lipinski definition) is 2. The average Bonchev–Trinajstić information content (AvgIpc) is 2.36. The number of hydrogen-bond donors (Lipinski definition) is 3. The molecule has 4 nitrogen and oxygen atoms in total. The molecule has 0 aliphatic heterocycles. The summed E-state index contributed by atoms with van der Waals surface area (Å²) in [5.41, 5.74) is -0.471. The maximum absolute atomic E-state index is 13.6. The van der Waals surface area contributed by atoms with Crippen molar-refractivity contribution in [2.75, 3.05) is 5.32 Å². The van der Waals surface area contributed by atoms with Crippen LogP contribution in [0.2, 0.25) is 0 Å². The van der Waals surface area contributed by atoms with E-state index in [0.717, 1.165) is 12.1 Å². The van der Waals surface area contributed by atoms with Crippen molar-refractivity contribution < 1.29 is 18.7 Å². The molecule has 0 aromatic heterocycles. The number of amides is 2.